The Morgan fingerprint density at radius 2 is 1.89 bits per heavy atom. The zero-order chi connectivity index (χ0) is 6.16. The Kier molecular flexibility index (Phi) is 1.11. The SMILES string of the molecule is C1=NCCC12CCCC2. The van der Waals surface area contributed by atoms with E-state index in [9.17, 15) is 0 Å². The third-order valence-corrected chi connectivity index (χ3v) is 2.70. The van der Waals surface area contributed by atoms with Crippen molar-refractivity contribution in [3.05, 3.63) is 0 Å². The molecule has 0 unspecified atom stereocenters. The quantitative estimate of drug-likeness (QED) is 0.467. The Morgan fingerprint density at radius 1 is 1.11 bits per heavy atom. The molecule has 1 fully saturated rings. The summed E-state index contributed by atoms with van der Waals surface area (Å²) in [5, 5.41) is 0. The van der Waals surface area contributed by atoms with Crippen molar-refractivity contribution in [2.75, 3.05) is 6.54 Å². The van der Waals surface area contributed by atoms with Gasteiger partial charge in [-0.25, -0.2) is 0 Å². The van der Waals surface area contributed by atoms with Gasteiger partial charge in [0.05, 0.1) is 0 Å². The molecule has 2 rings (SSSR count). The maximum Gasteiger partial charge on any atom is 0.0394 e. The molecule has 0 aromatic heterocycles. The van der Waals surface area contributed by atoms with Crippen LogP contribution in [-0.2, 0) is 0 Å². The van der Waals surface area contributed by atoms with Gasteiger partial charge in [-0.15, -0.1) is 0 Å². The van der Waals surface area contributed by atoms with Gasteiger partial charge in [-0.1, -0.05) is 12.8 Å². The minimum Gasteiger partial charge on any atom is -0.297 e. The second-order valence-electron chi connectivity index (χ2n) is 3.35. The third kappa shape index (κ3) is 0.790. The first-order chi connectivity index (χ1) is 4.41. The second kappa shape index (κ2) is 1.83. The Bertz CT molecular complexity index is 132. The average Bonchev–Trinajstić information content (AvgIpc) is 2.45. The smallest absolute Gasteiger partial charge is 0.0394 e. The van der Waals surface area contributed by atoms with Gasteiger partial charge in [0.2, 0.25) is 0 Å². The highest BCUT2D eigenvalue weighted by molar-refractivity contribution is 5.68. The summed E-state index contributed by atoms with van der Waals surface area (Å²) in [7, 11) is 0. The molecule has 0 radical (unpaired) electrons. The number of hydrogen-bond donors (Lipinski definition) is 0. The van der Waals surface area contributed by atoms with Crippen molar-refractivity contribution in [3.8, 4) is 0 Å². The number of nitrogens with zero attached hydrogens (tertiary/aromatic N) is 1. The van der Waals surface area contributed by atoms with E-state index in [4.69, 9.17) is 0 Å². The van der Waals surface area contributed by atoms with Crippen molar-refractivity contribution in [2.45, 2.75) is 32.1 Å². The van der Waals surface area contributed by atoms with Crippen LogP contribution in [0.2, 0.25) is 0 Å². The molecule has 0 aromatic rings. The summed E-state index contributed by atoms with van der Waals surface area (Å²) in [6, 6.07) is 0. The number of hydrogen-bond acceptors (Lipinski definition) is 1. The van der Waals surface area contributed by atoms with Crippen molar-refractivity contribution >= 4 is 6.21 Å². The summed E-state index contributed by atoms with van der Waals surface area (Å²) in [6.45, 7) is 1.10. The molecule has 0 N–H and O–H groups in total. The molecular formula is C8H13N. The van der Waals surface area contributed by atoms with Crippen molar-refractivity contribution in [1.82, 2.24) is 0 Å². The van der Waals surface area contributed by atoms with Crippen LogP contribution >= 0.6 is 0 Å². The molecule has 0 amide bonds. The van der Waals surface area contributed by atoms with Crippen LogP contribution in [0, 0.1) is 5.41 Å². The van der Waals surface area contributed by atoms with Crippen molar-refractivity contribution in [3.63, 3.8) is 0 Å². The van der Waals surface area contributed by atoms with Gasteiger partial charge in [-0.3, -0.25) is 4.99 Å². The average molecular weight is 123 g/mol. The van der Waals surface area contributed by atoms with Gasteiger partial charge in [-0.2, -0.15) is 0 Å². The third-order valence-electron chi connectivity index (χ3n) is 2.70. The number of aliphatic imine (C=N–C) groups is 1. The summed E-state index contributed by atoms with van der Waals surface area (Å²) >= 11 is 0. The molecule has 1 nitrogen and oxygen atoms in total. The molecule has 50 valence electrons. The van der Waals surface area contributed by atoms with E-state index < -0.39 is 0 Å². The van der Waals surface area contributed by atoms with Gasteiger partial charge in [-0.05, 0) is 19.3 Å². The van der Waals surface area contributed by atoms with E-state index in [1.54, 1.807) is 0 Å². The Labute approximate surface area is 56.2 Å². The highest BCUT2D eigenvalue weighted by atomic mass is 14.8. The Hall–Kier alpha value is -0.330. The minimum atomic E-state index is 0.597. The van der Waals surface area contributed by atoms with Crippen LogP contribution in [0.4, 0.5) is 0 Å². The van der Waals surface area contributed by atoms with Crippen LogP contribution in [0.25, 0.3) is 0 Å². The minimum absolute atomic E-state index is 0.597. The standard InChI is InChI=1S/C8H13N/c1-2-4-8(3-1)5-6-9-7-8/h7H,1-6H2. The second-order valence-corrected chi connectivity index (χ2v) is 3.35. The lowest BCUT2D eigenvalue weighted by Crippen LogP contribution is -2.13. The molecule has 0 aromatic carbocycles. The zero-order valence-electron chi connectivity index (χ0n) is 5.77. The highest BCUT2D eigenvalue weighted by Crippen LogP contribution is 2.41. The fourth-order valence-electron chi connectivity index (χ4n) is 2.07. The number of rotatable bonds is 0. The van der Waals surface area contributed by atoms with Crippen molar-refractivity contribution < 1.29 is 0 Å². The van der Waals surface area contributed by atoms with E-state index in [1.807, 2.05) is 0 Å². The van der Waals surface area contributed by atoms with Crippen LogP contribution in [-0.4, -0.2) is 12.8 Å². The van der Waals surface area contributed by atoms with Gasteiger partial charge in [0, 0.05) is 18.2 Å². The molecule has 1 aliphatic heterocycles. The maximum atomic E-state index is 4.29. The molecule has 1 aliphatic carbocycles. The van der Waals surface area contributed by atoms with Gasteiger partial charge >= 0.3 is 0 Å². The molecule has 1 heteroatoms. The lowest BCUT2D eigenvalue weighted by molar-refractivity contribution is 0.441. The molecular weight excluding hydrogens is 110 g/mol. The van der Waals surface area contributed by atoms with Gasteiger partial charge < -0.3 is 0 Å². The normalized spacial score (nSPS) is 30.2. The summed E-state index contributed by atoms with van der Waals surface area (Å²) in [5.74, 6) is 0. The molecule has 9 heavy (non-hydrogen) atoms. The van der Waals surface area contributed by atoms with Crippen LogP contribution in [0.5, 0.6) is 0 Å². The van der Waals surface area contributed by atoms with E-state index in [-0.39, 0.29) is 0 Å². The summed E-state index contributed by atoms with van der Waals surface area (Å²) in [5.41, 5.74) is 0.597. The molecule has 0 bridgehead atoms. The topological polar surface area (TPSA) is 12.4 Å². The first kappa shape index (κ1) is 5.45. The van der Waals surface area contributed by atoms with Crippen LogP contribution in [0.3, 0.4) is 0 Å². The largest absolute Gasteiger partial charge is 0.297 e. The Balaban J connectivity index is 2.13. The van der Waals surface area contributed by atoms with Crippen molar-refractivity contribution in [1.29, 1.82) is 0 Å². The fraction of sp³-hybridized carbons (Fsp3) is 0.875. The predicted octanol–water partition coefficient (Wildman–Crippen LogP) is 2.02. The lowest BCUT2D eigenvalue weighted by atomic mass is 9.86. The summed E-state index contributed by atoms with van der Waals surface area (Å²) in [4.78, 5) is 4.29. The zero-order valence-corrected chi connectivity index (χ0v) is 5.77. The summed E-state index contributed by atoms with van der Waals surface area (Å²) < 4.78 is 0. The van der Waals surface area contributed by atoms with Gasteiger partial charge in [0.1, 0.15) is 0 Å². The fourth-order valence-corrected chi connectivity index (χ4v) is 2.07. The lowest BCUT2D eigenvalue weighted by Gasteiger charge is -2.16. The van der Waals surface area contributed by atoms with Gasteiger partial charge in [0.25, 0.3) is 0 Å². The Morgan fingerprint density at radius 3 is 2.44 bits per heavy atom. The van der Waals surface area contributed by atoms with Gasteiger partial charge in [0.15, 0.2) is 0 Å². The predicted molar refractivity (Wildman–Crippen MR) is 38.9 cm³/mol. The van der Waals surface area contributed by atoms with E-state index >= 15 is 0 Å². The molecule has 2 aliphatic rings. The highest BCUT2D eigenvalue weighted by Gasteiger charge is 2.33. The molecule has 0 saturated heterocycles. The van der Waals surface area contributed by atoms with E-state index in [0.717, 1.165) is 6.54 Å². The van der Waals surface area contributed by atoms with E-state index in [2.05, 4.69) is 11.2 Å². The molecule has 1 heterocycles. The van der Waals surface area contributed by atoms with E-state index in [1.165, 1.54) is 32.1 Å². The van der Waals surface area contributed by atoms with Crippen LogP contribution in [0.15, 0.2) is 4.99 Å². The molecule has 0 atom stereocenters. The first-order valence-corrected chi connectivity index (χ1v) is 3.92. The summed E-state index contributed by atoms with van der Waals surface area (Å²) in [6.07, 6.45) is 9.26. The van der Waals surface area contributed by atoms with Crippen LogP contribution in [0.1, 0.15) is 32.1 Å². The van der Waals surface area contributed by atoms with Crippen molar-refractivity contribution in [2.24, 2.45) is 10.4 Å². The van der Waals surface area contributed by atoms with Crippen LogP contribution < -0.4 is 0 Å². The molecule has 1 saturated carbocycles. The first-order valence-electron chi connectivity index (χ1n) is 3.92. The maximum absolute atomic E-state index is 4.29. The van der Waals surface area contributed by atoms with E-state index in [0.29, 0.717) is 5.41 Å². The molecule has 1 spiro atoms. The monoisotopic (exact) mass is 123 g/mol.